The third-order valence-corrected chi connectivity index (χ3v) is 9.25. The highest BCUT2D eigenvalue weighted by atomic mass is 16.6. The number of carbonyl (C=O) groups is 5. The summed E-state index contributed by atoms with van der Waals surface area (Å²) in [5.41, 5.74) is 5.72. The third-order valence-electron chi connectivity index (χ3n) is 9.25. The summed E-state index contributed by atoms with van der Waals surface area (Å²) in [6.07, 6.45) is 5.09. The lowest BCUT2D eigenvalue weighted by Crippen LogP contribution is -2.33. The van der Waals surface area contributed by atoms with Crippen LogP contribution in [0.25, 0.3) is 17.2 Å². The lowest BCUT2D eigenvalue weighted by Gasteiger charge is -2.28. The topological polar surface area (TPSA) is 141 Å². The van der Waals surface area contributed by atoms with Crippen molar-refractivity contribution in [1.29, 1.82) is 0 Å². The molecule has 59 heavy (non-hydrogen) atoms. The van der Waals surface area contributed by atoms with E-state index in [2.05, 4.69) is 25.8 Å². The van der Waals surface area contributed by atoms with Gasteiger partial charge in [-0.2, -0.15) is 0 Å². The first-order chi connectivity index (χ1) is 28.1. The Morgan fingerprint density at radius 3 is 1.68 bits per heavy atom. The largest absolute Gasteiger partial charge is 0.494 e. The van der Waals surface area contributed by atoms with Crippen LogP contribution in [0.2, 0.25) is 0 Å². The lowest BCUT2D eigenvalue weighted by molar-refractivity contribution is -0.149. The van der Waals surface area contributed by atoms with Gasteiger partial charge in [0, 0.05) is 28.2 Å². The Morgan fingerprint density at radius 1 is 0.610 bits per heavy atom. The molecule has 0 N–H and O–H groups in total. The molecule has 0 saturated heterocycles. The van der Waals surface area contributed by atoms with E-state index < -0.39 is 35.3 Å². The number of esters is 5. The van der Waals surface area contributed by atoms with Crippen LogP contribution in [0, 0.1) is 5.41 Å². The summed E-state index contributed by atoms with van der Waals surface area (Å²) in [6, 6.07) is 24.0. The summed E-state index contributed by atoms with van der Waals surface area (Å²) in [5.74, 6) is -1.28. The second-order valence-corrected chi connectivity index (χ2v) is 14.7. The molecule has 0 bridgehead atoms. The first-order valence-corrected chi connectivity index (χ1v) is 18.8. The van der Waals surface area contributed by atoms with E-state index in [-0.39, 0.29) is 52.7 Å². The van der Waals surface area contributed by atoms with Gasteiger partial charge in [0.25, 0.3) is 0 Å². The molecular weight excluding hydrogens is 753 g/mol. The SMILES string of the molecule is C=C(C)C(=O)OCC(C)(CCOc1ccc2c(c1)CCc1cc(/C=C/C(=O)Oc3ccc(OC(=O)c4ccc(OC(=O)C(=C)C)cc4)cc3)ccc1-2)COC(=O)C(=C)C. The summed E-state index contributed by atoms with van der Waals surface area (Å²) in [4.78, 5) is 61.1. The predicted molar refractivity (Wildman–Crippen MR) is 222 cm³/mol. The van der Waals surface area contributed by atoms with Gasteiger partial charge in [0.1, 0.15) is 36.2 Å². The average molecular weight is 799 g/mol. The first kappa shape index (κ1) is 43.1. The molecule has 0 heterocycles. The molecule has 0 aromatic heterocycles. The Bertz CT molecular complexity index is 2280. The van der Waals surface area contributed by atoms with Crippen LogP contribution in [0.5, 0.6) is 23.0 Å². The minimum atomic E-state index is -0.695. The van der Waals surface area contributed by atoms with E-state index in [1.54, 1.807) is 19.9 Å². The van der Waals surface area contributed by atoms with E-state index in [1.165, 1.54) is 61.5 Å². The number of hydrogen-bond acceptors (Lipinski definition) is 11. The Kier molecular flexibility index (Phi) is 14.2. The third kappa shape index (κ3) is 12.2. The Morgan fingerprint density at radius 2 is 1.10 bits per heavy atom. The van der Waals surface area contributed by atoms with Crippen molar-refractivity contribution in [2.24, 2.45) is 5.41 Å². The van der Waals surface area contributed by atoms with Crippen molar-refractivity contribution in [2.75, 3.05) is 19.8 Å². The monoisotopic (exact) mass is 798 g/mol. The molecule has 0 amide bonds. The van der Waals surface area contributed by atoms with Crippen molar-refractivity contribution in [3.63, 3.8) is 0 Å². The Balaban J connectivity index is 1.13. The first-order valence-electron chi connectivity index (χ1n) is 18.8. The summed E-state index contributed by atoms with van der Waals surface area (Å²) in [6.45, 7) is 17.7. The Labute approximate surface area is 343 Å². The standard InChI is InChI=1S/C48H46O11/c1-30(2)44(50)55-28-48(7,29-56-45(51)31(3)4)24-25-54-40-20-22-42-36(27-40)11-10-35-26-33(8-21-41(35)42)9-23-43(49)57-37-16-18-39(19-17-37)59-47(53)34-12-14-38(15-13-34)58-46(52)32(5)6/h8-9,12-23,26-27H,1,3,5,10-11,24-25,28-29H2,2,4,6-7H3/b23-9+. The fraction of sp³-hybridized carbons (Fsp3) is 0.229. The fourth-order valence-electron chi connectivity index (χ4n) is 5.82. The molecule has 0 saturated carbocycles. The molecule has 11 heteroatoms. The molecule has 1 aliphatic rings. The fourth-order valence-corrected chi connectivity index (χ4v) is 5.82. The van der Waals surface area contributed by atoms with E-state index in [9.17, 15) is 24.0 Å². The van der Waals surface area contributed by atoms with Gasteiger partial charge in [0.15, 0.2) is 0 Å². The molecule has 1 aliphatic carbocycles. The van der Waals surface area contributed by atoms with Crippen molar-refractivity contribution >= 4 is 35.9 Å². The van der Waals surface area contributed by atoms with Crippen LogP contribution in [0.3, 0.4) is 0 Å². The quantitative estimate of drug-likeness (QED) is 0.0575. The van der Waals surface area contributed by atoms with E-state index in [4.69, 9.17) is 28.4 Å². The maximum atomic E-state index is 12.7. The van der Waals surface area contributed by atoms with Gasteiger partial charge in [-0.3, -0.25) is 0 Å². The van der Waals surface area contributed by atoms with Crippen LogP contribution >= 0.6 is 0 Å². The van der Waals surface area contributed by atoms with Crippen LogP contribution in [0.1, 0.15) is 61.2 Å². The second-order valence-electron chi connectivity index (χ2n) is 14.7. The molecule has 0 aliphatic heterocycles. The van der Waals surface area contributed by atoms with E-state index in [1.807, 2.05) is 37.3 Å². The highest BCUT2D eigenvalue weighted by Gasteiger charge is 2.29. The van der Waals surface area contributed by atoms with Crippen LogP contribution < -0.4 is 18.9 Å². The van der Waals surface area contributed by atoms with Crippen LogP contribution in [-0.2, 0) is 41.5 Å². The summed E-state index contributed by atoms with van der Waals surface area (Å²) >= 11 is 0. The smallest absolute Gasteiger partial charge is 0.343 e. The minimum absolute atomic E-state index is 0.0255. The van der Waals surface area contributed by atoms with Crippen LogP contribution in [-0.4, -0.2) is 49.7 Å². The molecule has 11 nitrogen and oxygen atoms in total. The number of aryl methyl sites for hydroxylation is 2. The molecule has 0 radical (unpaired) electrons. The van der Waals surface area contributed by atoms with Gasteiger partial charge >= 0.3 is 29.8 Å². The lowest BCUT2D eigenvalue weighted by atomic mass is 9.84. The number of fused-ring (bicyclic) bond motifs is 3. The van der Waals surface area contributed by atoms with Crippen molar-refractivity contribution in [3.8, 4) is 34.1 Å². The molecule has 0 spiro atoms. The normalized spacial score (nSPS) is 11.7. The van der Waals surface area contributed by atoms with Crippen LogP contribution in [0.15, 0.2) is 127 Å². The number of rotatable bonds is 17. The van der Waals surface area contributed by atoms with Crippen LogP contribution in [0.4, 0.5) is 0 Å². The molecule has 0 unspecified atom stereocenters. The Hall–Kier alpha value is -7.01. The molecule has 4 aromatic rings. The van der Waals surface area contributed by atoms with Gasteiger partial charge in [-0.25, -0.2) is 24.0 Å². The molecule has 5 rings (SSSR count). The zero-order valence-corrected chi connectivity index (χ0v) is 33.6. The summed E-state index contributed by atoms with van der Waals surface area (Å²) < 4.78 is 32.9. The highest BCUT2D eigenvalue weighted by molar-refractivity contribution is 5.92. The molecule has 304 valence electrons. The zero-order valence-electron chi connectivity index (χ0n) is 33.6. The van der Waals surface area contributed by atoms with Gasteiger partial charge in [-0.15, -0.1) is 0 Å². The number of ether oxygens (including phenoxy) is 6. The van der Waals surface area contributed by atoms with Gasteiger partial charge < -0.3 is 28.4 Å². The van der Waals surface area contributed by atoms with Crippen molar-refractivity contribution < 1.29 is 52.4 Å². The number of hydrogen-bond donors (Lipinski definition) is 0. The van der Waals surface area contributed by atoms with Gasteiger partial charge in [0.05, 0.1) is 12.2 Å². The van der Waals surface area contributed by atoms with E-state index in [0.717, 1.165) is 40.7 Å². The maximum Gasteiger partial charge on any atom is 0.343 e. The van der Waals surface area contributed by atoms with Crippen molar-refractivity contribution in [1.82, 2.24) is 0 Å². The molecular formula is C48H46O11. The van der Waals surface area contributed by atoms with E-state index in [0.29, 0.717) is 18.8 Å². The number of benzene rings is 4. The number of carbonyl (C=O) groups excluding carboxylic acids is 5. The van der Waals surface area contributed by atoms with Gasteiger partial charge in [0.2, 0.25) is 0 Å². The van der Waals surface area contributed by atoms with Crippen molar-refractivity contribution in [3.05, 3.63) is 150 Å². The summed E-state index contributed by atoms with van der Waals surface area (Å²) in [5, 5.41) is 0. The highest BCUT2D eigenvalue weighted by Crippen LogP contribution is 2.36. The molecule has 4 aromatic carbocycles. The van der Waals surface area contributed by atoms with Gasteiger partial charge in [-0.05, 0) is 135 Å². The predicted octanol–water partition coefficient (Wildman–Crippen LogP) is 8.79. The van der Waals surface area contributed by atoms with Gasteiger partial charge in [-0.1, -0.05) is 50.9 Å². The average Bonchev–Trinajstić information content (AvgIpc) is 3.21. The molecule has 0 fully saturated rings. The zero-order chi connectivity index (χ0) is 42.7. The summed E-state index contributed by atoms with van der Waals surface area (Å²) in [7, 11) is 0. The van der Waals surface area contributed by atoms with Crippen molar-refractivity contribution in [2.45, 2.75) is 47.0 Å². The minimum Gasteiger partial charge on any atom is -0.494 e. The van der Waals surface area contributed by atoms with E-state index >= 15 is 0 Å². The maximum absolute atomic E-state index is 12.7. The molecule has 0 atom stereocenters. The second kappa shape index (κ2) is 19.4.